The molecule has 156 valence electrons. The summed E-state index contributed by atoms with van der Waals surface area (Å²) in [7, 11) is 1.62. The van der Waals surface area contributed by atoms with E-state index in [2.05, 4.69) is 24.1 Å². The molecule has 0 aliphatic carbocycles. The van der Waals surface area contributed by atoms with E-state index in [0.717, 1.165) is 24.2 Å². The molecule has 1 unspecified atom stereocenters. The van der Waals surface area contributed by atoms with E-state index in [9.17, 15) is 9.59 Å². The molecule has 1 atom stereocenters. The molecule has 28 heavy (non-hydrogen) atoms. The van der Waals surface area contributed by atoms with Gasteiger partial charge in [-0.3, -0.25) is 14.5 Å². The minimum atomic E-state index is 0.0203. The lowest BCUT2D eigenvalue weighted by Gasteiger charge is -2.34. The number of carbonyl (C=O) groups excluding carboxylic acids is 2. The first-order valence-electron chi connectivity index (χ1n) is 10.4. The molecule has 1 fully saturated rings. The Balaban J connectivity index is 1.77. The third-order valence-corrected chi connectivity index (χ3v) is 5.33. The van der Waals surface area contributed by atoms with Gasteiger partial charge in [0.05, 0.1) is 13.7 Å². The number of hydrogen-bond acceptors (Lipinski definition) is 4. The molecule has 2 rings (SSSR count). The van der Waals surface area contributed by atoms with Gasteiger partial charge >= 0.3 is 0 Å². The second-order valence-electron chi connectivity index (χ2n) is 7.72. The number of methoxy groups -OCH3 is 1. The van der Waals surface area contributed by atoms with Crippen LogP contribution in [0.1, 0.15) is 55.5 Å². The van der Waals surface area contributed by atoms with Crippen molar-refractivity contribution < 1.29 is 14.3 Å². The van der Waals surface area contributed by atoms with Gasteiger partial charge in [-0.25, -0.2) is 0 Å². The largest absolute Gasteiger partial charge is 0.496 e. The summed E-state index contributed by atoms with van der Waals surface area (Å²) >= 11 is 0. The van der Waals surface area contributed by atoms with Crippen LogP contribution in [0.15, 0.2) is 18.2 Å². The van der Waals surface area contributed by atoms with Crippen LogP contribution in [0.2, 0.25) is 0 Å². The number of nitrogens with one attached hydrogen (secondary N) is 1. The third kappa shape index (κ3) is 6.51. The highest BCUT2D eigenvalue weighted by atomic mass is 16.5. The first-order chi connectivity index (χ1) is 13.4. The van der Waals surface area contributed by atoms with Gasteiger partial charge in [0.15, 0.2) is 0 Å². The fourth-order valence-electron chi connectivity index (χ4n) is 3.54. The van der Waals surface area contributed by atoms with Gasteiger partial charge in [-0.1, -0.05) is 32.3 Å². The highest BCUT2D eigenvalue weighted by Crippen LogP contribution is 2.20. The van der Waals surface area contributed by atoms with E-state index in [-0.39, 0.29) is 17.9 Å². The van der Waals surface area contributed by atoms with E-state index in [4.69, 9.17) is 4.74 Å². The van der Waals surface area contributed by atoms with Gasteiger partial charge in [0.25, 0.3) is 5.91 Å². The van der Waals surface area contributed by atoms with E-state index in [1.165, 1.54) is 12.8 Å². The molecule has 0 spiro atoms. The molecule has 0 bridgehead atoms. The van der Waals surface area contributed by atoms with Crippen molar-refractivity contribution in [1.29, 1.82) is 0 Å². The number of nitrogens with zero attached hydrogens (tertiary/aromatic N) is 2. The average molecular weight is 390 g/mol. The van der Waals surface area contributed by atoms with Crippen molar-refractivity contribution in [3.63, 3.8) is 0 Å². The Morgan fingerprint density at radius 3 is 2.54 bits per heavy atom. The number of unbranched alkanes of at least 4 members (excludes halogenated alkanes) is 2. The van der Waals surface area contributed by atoms with Crippen molar-refractivity contribution in [3.05, 3.63) is 29.3 Å². The second-order valence-corrected chi connectivity index (χ2v) is 7.72. The summed E-state index contributed by atoms with van der Waals surface area (Å²) in [4.78, 5) is 29.0. The smallest absolute Gasteiger partial charge is 0.254 e. The fraction of sp³-hybridized carbons (Fsp3) is 0.636. The zero-order valence-electron chi connectivity index (χ0n) is 17.8. The Kier molecular flexibility index (Phi) is 8.77. The summed E-state index contributed by atoms with van der Waals surface area (Å²) in [6.45, 7) is 9.31. The van der Waals surface area contributed by atoms with Gasteiger partial charge in [-0.15, -0.1) is 0 Å². The van der Waals surface area contributed by atoms with Gasteiger partial charge in [-0.2, -0.15) is 0 Å². The lowest BCUT2D eigenvalue weighted by atomic mass is 10.1. The van der Waals surface area contributed by atoms with E-state index >= 15 is 0 Å². The zero-order valence-corrected chi connectivity index (χ0v) is 17.8. The van der Waals surface area contributed by atoms with Gasteiger partial charge in [0, 0.05) is 37.8 Å². The number of benzene rings is 1. The molecule has 1 heterocycles. The van der Waals surface area contributed by atoms with Gasteiger partial charge in [0.1, 0.15) is 5.75 Å². The van der Waals surface area contributed by atoms with E-state index < -0.39 is 0 Å². The predicted molar refractivity (Wildman–Crippen MR) is 112 cm³/mol. The monoisotopic (exact) mass is 389 g/mol. The number of ether oxygens (including phenoxy) is 1. The van der Waals surface area contributed by atoms with Crippen molar-refractivity contribution in [3.8, 4) is 5.75 Å². The lowest BCUT2D eigenvalue weighted by Crippen LogP contribution is -2.51. The van der Waals surface area contributed by atoms with Crippen LogP contribution in [-0.4, -0.2) is 67.5 Å². The molecule has 0 saturated carbocycles. The third-order valence-electron chi connectivity index (χ3n) is 5.33. The summed E-state index contributed by atoms with van der Waals surface area (Å²) in [5.41, 5.74) is 1.66. The van der Waals surface area contributed by atoms with Gasteiger partial charge < -0.3 is 15.0 Å². The Morgan fingerprint density at radius 1 is 1.18 bits per heavy atom. The molecular weight excluding hydrogens is 354 g/mol. The maximum absolute atomic E-state index is 12.8. The zero-order chi connectivity index (χ0) is 20.5. The fourth-order valence-corrected chi connectivity index (χ4v) is 3.54. The average Bonchev–Trinajstić information content (AvgIpc) is 2.68. The molecule has 1 aromatic rings. The SMILES string of the molecule is CCCCCC(C)NC(=O)CN1CCN(C(=O)c2ccc(C)c(OC)c2)CC1. The van der Waals surface area contributed by atoms with Crippen LogP contribution >= 0.6 is 0 Å². The molecule has 6 nitrogen and oxygen atoms in total. The maximum Gasteiger partial charge on any atom is 0.254 e. The Morgan fingerprint density at radius 2 is 1.89 bits per heavy atom. The number of piperazine rings is 1. The van der Waals surface area contributed by atoms with E-state index in [1.54, 1.807) is 13.2 Å². The van der Waals surface area contributed by atoms with Crippen molar-refractivity contribution in [2.24, 2.45) is 0 Å². The van der Waals surface area contributed by atoms with Crippen LogP contribution in [0.3, 0.4) is 0 Å². The molecule has 1 aliphatic rings. The summed E-state index contributed by atoms with van der Waals surface area (Å²) in [6.07, 6.45) is 4.59. The van der Waals surface area contributed by atoms with Crippen LogP contribution < -0.4 is 10.1 Å². The minimum Gasteiger partial charge on any atom is -0.496 e. The number of hydrogen-bond donors (Lipinski definition) is 1. The summed E-state index contributed by atoms with van der Waals surface area (Å²) in [5, 5.41) is 3.09. The highest BCUT2D eigenvalue weighted by molar-refractivity contribution is 5.94. The lowest BCUT2D eigenvalue weighted by molar-refractivity contribution is -0.123. The topological polar surface area (TPSA) is 61.9 Å². The van der Waals surface area contributed by atoms with Gasteiger partial charge in [-0.05, 0) is 38.0 Å². The van der Waals surface area contributed by atoms with Crippen LogP contribution in [0.5, 0.6) is 5.75 Å². The molecule has 2 amide bonds. The first kappa shape index (κ1) is 22.2. The quantitative estimate of drug-likeness (QED) is 0.660. The van der Waals surface area contributed by atoms with Crippen molar-refractivity contribution >= 4 is 11.8 Å². The Bertz CT molecular complexity index is 654. The van der Waals surface area contributed by atoms with Crippen LogP contribution in [-0.2, 0) is 4.79 Å². The minimum absolute atomic E-state index is 0.0203. The van der Waals surface area contributed by atoms with Crippen molar-refractivity contribution in [2.45, 2.75) is 52.5 Å². The van der Waals surface area contributed by atoms with Crippen LogP contribution in [0.4, 0.5) is 0 Å². The summed E-state index contributed by atoms with van der Waals surface area (Å²) in [5.74, 6) is 0.827. The number of carbonyl (C=O) groups is 2. The summed E-state index contributed by atoms with van der Waals surface area (Å²) in [6, 6.07) is 5.78. The van der Waals surface area contributed by atoms with Crippen molar-refractivity contribution in [1.82, 2.24) is 15.1 Å². The van der Waals surface area contributed by atoms with E-state index in [0.29, 0.717) is 38.3 Å². The molecule has 1 aliphatic heterocycles. The Labute approximate surface area is 169 Å². The predicted octanol–water partition coefficient (Wildman–Crippen LogP) is 2.85. The van der Waals surface area contributed by atoms with Crippen LogP contribution in [0.25, 0.3) is 0 Å². The molecular formula is C22H35N3O3. The van der Waals surface area contributed by atoms with Crippen molar-refractivity contribution in [2.75, 3.05) is 39.8 Å². The number of rotatable bonds is 9. The first-order valence-corrected chi connectivity index (χ1v) is 10.4. The standard InChI is InChI=1S/C22H35N3O3/c1-5-6-7-8-18(3)23-21(26)16-24-11-13-25(14-12-24)22(27)19-10-9-17(2)20(15-19)28-4/h9-10,15,18H,5-8,11-14,16H2,1-4H3,(H,23,26). The molecule has 0 aromatic heterocycles. The van der Waals surface area contributed by atoms with Gasteiger partial charge in [0.2, 0.25) is 5.91 Å². The normalized spacial score (nSPS) is 15.9. The molecule has 0 radical (unpaired) electrons. The Hall–Kier alpha value is -2.08. The molecule has 1 N–H and O–H groups in total. The molecule has 1 aromatic carbocycles. The number of amides is 2. The molecule has 6 heteroatoms. The van der Waals surface area contributed by atoms with Crippen LogP contribution in [0, 0.1) is 6.92 Å². The van der Waals surface area contributed by atoms with E-state index in [1.807, 2.05) is 24.0 Å². The highest BCUT2D eigenvalue weighted by Gasteiger charge is 2.24. The second kappa shape index (κ2) is 11.1. The molecule has 1 saturated heterocycles. The summed E-state index contributed by atoms with van der Waals surface area (Å²) < 4.78 is 5.32. The number of aryl methyl sites for hydroxylation is 1. The maximum atomic E-state index is 12.8.